The van der Waals surface area contributed by atoms with Crippen LogP contribution in [-0.4, -0.2) is 35.0 Å². The van der Waals surface area contributed by atoms with Gasteiger partial charge in [0.1, 0.15) is 5.69 Å². The van der Waals surface area contributed by atoms with E-state index < -0.39 is 10.0 Å². The first-order chi connectivity index (χ1) is 11.4. The molecule has 24 heavy (non-hydrogen) atoms. The minimum absolute atomic E-state index is 0.231. The van der Waals surface area contributed by atoms with Gasteiger partial charge in [-0.05, 0) is 38.1 Å². The van der Waals surface area contributed by atoms with E-state index in [0.29, 0.717) is 10.6 Å². The monoisotopic (exact) mass is 362 g/mol. The molecule has 0 aliphatic rings. The molecule has 3 rings (SSSR count). The zero-order chi connectivity index (χ0) is 17.3. The average molecular weight is 362 g/mol. The molecule has 0 saturated carbocycles. The zero-order valence-electron chi connectivity index (χ0n) is 13.6. The maximum Gasteiger partial charge on any atom is 0.244 e. The van der Waals surface area contributed by atoms with E-state index in [9.17, 15) is 8.42 Å². The van der Waals surface area contributed by atoms with Crippen LogP contribution in [0.3, 0.4) is 0 Å². The van der Waals surface area contributed by atoms with Crippen molar-refractivity contribution >= 4 is 21.4 Å². The topological polar surface area (TPSA) is 79.0 Å². The molecular weight excluding hydrogens is 344 g/mol. The number of thiophene rings is 1. The van der Waals surface area contributed by atoms with Crippen LogP contribution in [0.1, 0.15) is 16.3 Å². The molecule has 3 aromatic heterocycles. The first-order valence-electron chi connectivity index (χ1n) is 7.37. The predicted octanol–water partition coefficient (Wildman–Crippen LogP) is 2.97. The summed E-state index contributed by atoms with van der Waals surface area (Å²) >= 11 is 1.43. The molecule has 0 radical (unpaired) electrons. The fourth-order valence-electron chi connectivity index (χ4n) is 2.36. The highest BCUT2D eigenvalue weighted by Gasteiger charge is 2.26. The lowest BCUT2D eigenvalue weighted by Crippen LogP contribution is -2.27. The van der Waals surface area contributed by atoms with E-state index in [1.807, 2.05) is 32.0 Å². The fourth-order valence-corrected chi connectivity index (χ4v) is 5.02. The molecule has 8 heteroatoms. The van der Waals surface area contributed by atoms with Gasteiger partial charge in [-0.25, -0.2) is 8.42 Å². The Balaban J connectivity index is 1.91. The maximum atomic E-state index is 12.9. The van der Waals surface area contributed by atoms with Crippen LogP contribution in [0.25, 0.3) is 10.6 Å². The first-order valence-corrected chi connectivity index (χ1v) is 9.62. The van der Waals surface area contributed by atoms with Crippen LogP contribution >= 0.6 is 11.3 Å². The molecule has 0 bridgehead atoms. The Kier molecular flexibility index (Phi) is 4.53. The van der Waals surface area contributed by atoms with Gasteiger partial charge in [0.25, 0.3) is 0 Å². The highest BCUT2D eigenvalue weighted by atomic mass is 32.2. The molecule has 0 aliphatic heterocycles. The Bertz CT molecular complexity index is 946. The quantitative estimate of drug-likeness (QED) is 0.757. The maximum absolute atomic E-state index is 12.9. The van der Waals surface area contributed by atoms with Gasteiger partial charge in [0.05, 0.1) is 22.0 Å². The van der Waals surface area contributed by atoms with E-state index in [1.54, 1.807) is 25.4 Å². The van der Waals surface area contributed by atoms with Gasteiger partial charge >= 0.3 is 0 Å². The van der Waals surface area contributed by atoms with Gasteiger partial charge in [-0.15, -0.1) is 11.3 Å². The Morgan fingerprint density at radius 2 is 2.04 bits per heavy atom. The van der Waals surface area contributed by atoms with E-state index in [-0.39, 0.29) is 6.54 Å². The van der Waals surface area contributed by atoms with Crippen LogP contribution in [0.5, 0.6) is 0 Å². The zero-order valence-corrected chi connectivity index (χ0v) is 15.3. The van der Waals surface area contributed by atoms with E-state index >= 15 is 0 Å². The number of pyridine rings is 1. The highest BCUT2D eigenvalue weighted by Crippen LogP contribution is 2.34. The van der Waals surface area contributed by atoms with Crippen LogP contribution in [0.4, 0.5) is 0 Å². The van der Waals surface area contributed by atoms with Crippen molar-refractivity contribution < 1.29 is 8.42 Å². The summed E-state index contributed by atoms with van der Waals surface area (Å²) in [5.74, 6) is 0. The van der Waals surface area contributed by atoms with Crippen molar-refractivity contribution in [3.63, 3.8) is 0 Å². The molecule has 6 nitrogen and oxygen atoms in total. The number of rotatable bonds is 5. The normalized spacial score (nSPS) is 12.0. The second-order valence-electron chi connectivity index (χ2n) is 5.55. The van der Waals surface area contributed by atoms with Gasteiger partial charge in [-0.1, -0.05) is 6.07 Å². The number of aryl methyl sites for hydroxylation is 2. The van der Waals surface area contributed by atoms with Gasteiger partial charge < -0.3 is 0 Å². The predicted molar refractivity (Wildman–Crippen MR) is 94.3 cm³/mol. The van der Waals surface area contributed by atoms with Crippen molar-refractivity contribution in [1.82, 2.24) is 19.5 Å². The molecule has 3 aromatic rings. The van der Waals surface area contributed by atoms with Crippen molar-refractivity contribution in [2.24, 2.45) is 0 Å². The summed E-state index contributed by atoms with van der Waals surface area (Å²) < 4.78 is 27.1. The summed E-state index contributed by atoms with van der Waals surface area (Å²) in [7, 11) is -2.01. The Morgan fingerprint density at radius 3 is 2.67 bits per heavy atom. The first kappa shape index (κ1) is 16.8. The molecule has 0 fully saturated rings. The second kappa shape index (κ2) is 6.46. The van der Waals surface area contributed by atoms with Crippen molar-refractivity contribution in [3.05, 3.63) is 52.8 Å². The lowest BCUT2D eigenvalue weighted by molar-refractivity contribution is 0.462. The number of nitrogens with zero attached hydrogens (tertiary/aromatic N) is 3. The molecule has 126 valence electrons. The minimum atomic E-state index is -3.58. The van der Waals surface area contributed by atoms with Crippen LogP contribution in [0.2, 0.25) is 0 Å². The summed E-state index contributed by atoms with van der Waals surface area (Å²) in [5, 5.41) is 7.08. The third-order valence-electron chi connectivity index (χ3n) is 3.63. The second-order valence-corrected chi connectivity index (χ2v) is 8.82. The number of aromatic amines is 1. The van der Waals surface area contributed by atoms with Crippen LogP contribution < -0.4 is 0 Å². The summed E-state index contributed by atoms with van der Waals surface area (Å²) in [6, 6.07) is 9.05. The molecule has 0 amide bonds. The molecule has 3 heterocycles. The van der Waals surface area contributed by atoms with E-state index in [4.69, 9.17) is 0 Å². The smallest absolute Gasteiger partial charge is 0.244 e. The third-order valence-corrected chi connectivity index (χ3v) is 6.76. The van der Waals surface area contributed by atoms with Crippen LogP contribution in [-0.2, 0) is 16.6 Å². The lowest BCUT2D eigenvalue weighted by Gasteiger charge is -2.16. The van der Waals surface area contributed by atoms with E-state index in [1.165, 1.54) is 15.6 Å². The summed E-state index contributed by atoms with van der Waals surface area (Å²) in [6.07, 6.45) is 1.66. The summed E-state index contributed by atoms with van der Waals surface area (Å²) in [5.41, 5.74) is 2.40. The van der Waals surface area contributed by atoms with Crippen molar-refractivity contribution in [2.75, 3.05) is 7.05 Å². The van der Waals surface area contributed by atoms with Gasteiger partial charge in [-0.2, -0.15) is 9.40 Å². The molecule has 0 saturated heterocycles. The average Bonchev–Trinajstić information content (AvgIpc) is 3.14. The Hall–Kier alpha value is -2.03. The molecule has 0 spiro atoms. The van der Waals surface area contributed by atoms with Gasteiger partial charge in [0, 0.05) is 23.8 Å². The van der Waals surface area contributed by atoms with Crippen molar-refractivity contribution in [2.45, 2.75) is 25.3 Å². The number of hydrogen-bond acceptors (Lipinski definition) is 5. The van der Waals surface area contributed by atoms with Crippen LogP contribution in [0.15, 0.2) is 41.4 Å². The molecular formula is C16H18N4O2S2. The van der Waals surface area contributed by atoms with E-state index in [2.05, 4.69) is 15.2 Å². The Morgan fingerprint density at radius 1 is 1.25 bits per heavy atom. The largest absolute Gasteiger partial charge is 0.282 e. The highest BCUT2D eigenvalue weighted by molar-refractivity contribution is 7.89. The number of aromatic nitrogens is 3. The molecule has 0 unspecified atom stereocenters. The fraction of sp³-hybridized carbons (Fsp3) is 0.250. The lowest BCUT2D eigenvalue weighted by atomic mass is 10.3. The summed E-state index contributed by atoms with van der Waals surface area (Å²) in [4.78, 5) is 6.09. The van der Waals surface area contributed by atoms with Crippen molar-refractivity contribution in [1.29, 1.82) is 0 Å². The van der Waals surface area contributed by atoms with Crippen molar-refractivity contribution in [3.8, 4) is 10.6 Å². The molecule has 1 N–H and O–H groups in total. The number of sulfonamides is 1. The SMILES string of the molecule is Cc1cc(-c2cc(S(=O)(=O)N(C)Cc3ccccn3)c(C)s2)n[nH]1. The molecule has 0 aromatic carbocycles. The van der Waals surface area contributed by atoms with Gasteiger partial charge in [-0.3, -0.25) is 10.1 Å². The standard InChI is InChI=1S/C16H18N4O2S2/c1-11-8-14(19-18-11)15-9-16(12(2)23-15)24(21,22)20(3)10-13-6-4-5-7-17-13/h4-9H,10H2,1-3H3,(H,18,19). The van der Waals surface area contributed by atoms with Gasteiger partial charge in [0.15, 0.2) is 0 Å². The summed E-state index contributed by atoms with van der Waals surface area (Å²) in [6.45, 7) is 3.96. The Labute approximate surface area is 145 Å². The number of H-pyrrole nitrogens is 1. The molecule has 0 atom stereocenters. The van der Waals surface area contributed by atoms with E-state index in [0.717, 1.165) is 21.1 Å². The number of nitrogens with one attached hydrogen (secondary N) is 1. The minimum Gasteiger partial charge on any atom is -0.282 e. The van der Waals surface area contributed by atoms with Crippen LogP contribution in [0, 0.1) is 13.8 Å². The third kappa shape index (κ3) is 3.26. The van der Waals surface area contributed by atoms with Gasteiger partial charge in [0.2, 0.25) is 10.0 Å². The molecule has 0 aliphatic carbocycles. The number of hydrogen-bond donors (Lipinski definition) is 1.